The molecule has 2 aromatic carbocycles. The Hall–Kier alpha value is -6.76. The first kappa shape index (κ1) is 47.3. The average Bonchev–Trinajstić information content (AvgIpc) is 4.20. The fourth-order valence-corrected chi connectivity index (χ4v) is 11.0. The predicted octanol–water partition coefficient (Wildman–Crippen LogP) is 9.05. The van der Waals surface area contributed by atoms with Crippen molar-refractivity contribution < 1.29 is 37.8 Å². The number of imidazole rings is 2. The highest BCUT2D eigenvalue weighted by Crippen LogP contribution is 2.48. The Morgan fingerprint density at radius 2 is 1.48 bits per heavy atom. The summed E-state index contributed by atoms with van der Waals surface area (Å²) in [6.07, 6.45) is 7.91. The number of hydrogen-bond donors (Lipinski definition) is 4. The number of rotatable bonds is 12. The van der Waals surface area contributed by atoms with Crippen molar-refractivity contribution in [2.45, 2.75) is 117 Å². The molecule has 0 radical (unpaired) electrons. The molecule has 19 heteroatoms. The number of halogens is 1. The van der Waals surface area contributed by atoms with Crippen LogP contribution in [0.1, 0.15) is 113 Å². The number of aryl methyl sites for hydroxylation is 1. The third-order valence-corrected chi connectivity index (χ3v) is 14.8. The normalized spacial score (nSPS) is 19.8. The summed E-state index contributed by atoms with van der Waals surface area (Å²) in [6, 6.07) is 9.03. The number of nitrogens with one attached hydrogen (secondary N) is 4. The fraction of sp³-hybridized carbons (Fsp3) is 0.460. The maximum Gasteiger partial charge on any atom is 0.407 e. The molecule has 69 heavy (non-hydrogen) atoms. The van der Waals surface area contributed by atoms with Gasteiger partial charge in [0.1, 0.15) is 35.3 Å². The smallest absolute Gasteiger partial charge is 0.407 e. The van der Waals surface area contributed by atoms with Crippen LogP contribution in [-0.2, 0) is 25.5 Å². The van der Waals surface area contributed by atoms with E-state index in [9.17, 15) is 19.2 Å². The SMILES string of the molecule is CCc1ncc(C2Oc3cc(-c4cnc([C@@H]5CCCN5C(=O)[C@@H](NC(=O)OC)C(C)C)[nH]4)cc(F)c3-c3cc4cc(-c5cnc([C@@H]6CCC[C@H](C)N6C(=O)[C@@H](NC(=O)OC)C(C)C)[nH]5)ccc4n32)s1. The zero-order valence-corrected chi connectivity index (χ0v) is 40.9. The van der Waals surface area contributed by atoms with E-state index < -0.39 is 36.3 Å². The summed E-state index contributed by atoms with van der Waals surface area (Å²) in [4.78, 5) is 77.9. The van der Waals surface area contributed by atoms with Gasteiger partial charge in [0, 0.05) is 35.3 Å². The molecule has 4 amide bonds. The standard InChI is InChI=1S/C50H59FN10O7S/c1-9-40-52-24-39(69-40)48-61-34-16-15-28(32-22-54-45(55-32)36-13-10-12-27(6)60(36)47(63)43(26(4)5)58-50(65)67-8)18-30(34)20-37(61)41-31(51)19-29(21-38(41)68-48)33-23-53-44(56-33)35-14-11-17-59(35)46(62)42(25(2)3)57-49(64)66-7/h15-16,18-27,35-36,42-43,48H,9-14,17H2,1-8H3,(H,53,56)(H,54,55)(H,57,64)(H,58,65)/t27-,35-,36-,42-,43-,48?/m0/s1. The minimum Gasteiger partial charge on any atom is -0.464 e. The molecule has 6 aromatic rings. The Balaban J connectivity index is 1.04. The quantitative estimate of drug-likeness (QED) is 0.0917. The van der Waals surface area contributed by atoms with Gasteiger partial charge in [0.05, 0.1) is 76.7 Å². The summed E-state index contributed by atoms with van der Waals surface area (Å²) in [7, 11) is 2.55. The number of fused-ring (bicyclic) bond motifs is 5. The van der Waals surface area contributed by atoms with Crippen LogP contribution in [0.25, 0.3) is 44.7 Å². The van der Waals surface area contributed by atoms with Crippen molar-refractivity contribution in [2.75, 3.05) is 20.8 Å². The second-order valence-electron chi connectivity index (χ2n) is 18.8. The van der Waals surface area contributed by atoms with Crippen LogP contribution in [0.5, 0.6) is 5.75 Å². The van der Waals surface area contributed by atoms with Crippen molar-refractivity contribution in [1.29, 1.82) is 0 Å². The van der Waals surface area contributed by atoms with Crippen LogP contribution in [0.2, 0.25) is 0 Å². The van der Waals surface area contributed by atoms with Crippen molar-refractivity contribution in [3.8, 4) is 39.5 Å². The number of amides is 4. The van der Waals surface area contributed by atoms with E-state index in [4.69, 9.17) is 24.2 Å². The lowest BCUT2D eigenvalue weighted by atomic mass is 9.93. The molecule has 4 N–H and O–H groups in total. The van der Waals surface area contributed by atoms with Gasteiger partial charge in [-0.05, 0) is 87.6 Å². The van der Waals surface area contributed by atoms with Crippen LogP contribution in [0.15, 0.2) is 55.0 Å². The number of aromatic amines is 2. The van der Waals surface area contributed by atoms with Gasteiger partial charge >= 0.3 is 12.2 Å². The number of benzene rings is 2. The van der Waals surface area contributed by atoms with Crippen molar-refractivity contribution in [3.05, 3.63) is 82.3 Å². The van der Waals surface area contributed by atoms with Gasteiger partial charge in [-0.3, -0.25) is 14.2 Å². The molecule has 364 valence electrons. The molecule has 4 aromatic heterocycles. The second kappa shape index (κ2) is 19.3. The molecule has 9 rings (SSSR count). The van der Waals surface area contributed by atoms with Crippen LogP contribution < -0.4 is 15.4 Å². The van der Waals surface area contributed by atoms with Crippen molar-refractivity contribution in [1.82, 2.24) is 49.9 Å². The number of methoxy groups -OCH3 is 2. The Bertz CT molecular complexity index is 2900. The lowest BCUT2D eigenvalue weighted by molar-refractivity contribution is -0.141. The predicted molar refractivity (Wildman–Crippen MR) is 258 cm³/mol. The first-order valence-electron chi connectivity index (χ1n) is 23.7. The van der Waals surface area contributed by atoms with Crippen LogP contribution >= 0.6 is 11.3 Å². The number of carbonyl (C=O) groups excluding carboxylic acids is 4. The topological polar surface area (TPSA) is 202 Å². The minimum atomic E-state index is -0.775. The number of hydrogen-bond acceptors (Lipinski definition) is 11. The van der Waals surface area contributed by atoms with Gasteiger partial charge in [0.25, 0.3) is 0 Å². The average molecular weight is 963 g/mol. The number of carbonyl (C=O) groups is 4. The molecule has 6 atom stereocenters. The second-order valence-corrected chi connectivity index (χ2v) is 19.9. The summed E-state index contributed by atoms with van der Waals surface area (Å²) in [5, 5.41) is 7.23. The zero-order chi connectivity index (χ0) is 48.8. The first-order chi connectivity index (χ1) is 33.2. The molecule has 0 spiro atoms. The number of nitrogens with zero attached hydrogens (tertiary/aromatic N) is 6. The molecule has 2 fully saturated rings. The van der Waals surface area contributed by atoms with Crippen LogP contribution in [0, 0.1) is 17.7 Å². The summed E-state index contributed by atoms with van der Waals surface area (Å²) >= 11 is 1.55. The van der Waals surface area contributed by atoms with E-state index >= 15 is 4.39 Å². The van der Waals surface area contributed by atoms with Gasteiger partial charge in [-0.1, -0.05) is 40.7 Å². The molecule has 3 aliphatic rings. The third-order valence-electron chi connectivity index (χ3n) is 13.7. The molecule has 1 unspecified atom stereocenters. The van der Waals surface area contributed by atoms with Gasteiger partial charge in [-0.2, -0.15) is 0 Å². The van der Waals surface area contributed by atoms with Crippen molar-refractivity contribution in [3.63, 3.8) is 0 Å². The highest BCUT2D eigenvalue weighted by Gasteiger charge is 2.41. The van der Waals surface area contributed by atoms with Gasteiger partial charge in [0.15, 0.2) is 0 Å². The number of aromatic nitrogens is 6. The molecule has 0 bridgehead atoms. The zero-order valence-electron chi connectivity index (χ0n) is 40.1. The molecule has 2 saturated heterocycles. The minimum absolute atomic E-state index is 0.0741. The number of thiazole rings is 1. The lowest BCUT2D eigenvalue weighted by Gasteiger charge is -2.42. The van der Waals surface area contributed by atoms with Crippen LogP contribution in [-0.4, -0.2) is 102 Å². The van der Waals surface area contributed by atoms with Crippen LogP contribution in [0.4, 0.5) is 14.0 Å². The van der Waals surface area contributed by atoms with E-state index in [0.29, 0.717) is 59.3 Å². The number of ether oxygens (including phenoxy) is 3. The Labute approximate surface area is 403 Å². The van der Waals surface area contributed by atoms with E-state index in [1.165, 1.54) is 20.3 Å². The van der Waals surface area contributed by atoms with E-state index in [2.05, 4.69) is 32.5 Å². The maximum atomic E-state index is 16.9. The largest absolute Gasteiger partial charge is 0.464 e. The van der Waals surface area contributed by atoms with Crippen molar-refractivity contribution in [2.24, 2.45) is 11.8 Å². The molecule has 0 aliphatic carbocycles. The first-order valence-corrected chi connectivity index (χ1v) is 24.5. The van der Waals surface area contributed by atoms with Gasteiger partial charge in [-0.15, -0.1) is 11.3 Å². The Morgan fingerprint density at radius 1 is 0.826 bits per heavy atom. The molecular weight excluding hydrogens is 904 g/mol. The molecule has 3 aliphatic heterocycles. The fourth-order valence-electron chi connectivity index (χ4n) is 10.1. The molecule has 17 nitrogen and oxygen atoms in total. The van der Waals surface area contributed by atoms with E-state index in [0.717, 1.165) is 57.7 Å². The number of piperidine rings is 1. The van der Waals surface area contributed by atoms with E-state index in [1.54, 1.807) is 28.6 Å². The monoisotopic (exact) mass is 962 g/mol. The third kappa shape index (κ3) is 8.92. The van der Waals surface area contributed by atoms with E-state index in [1.807, 2.05) is 80.6 Å². The maximum absolute atomic E-state index is 16.9. The molecule has 7 heterocycles. The summed E-state index contributed by atoms with van der Waals surface area (Å²) in [6.45, 7) is 12.1. The molecular formula is C50H59FN10O7S. The lowest BCUT2D eigenvalue weighted by Crippen LogP contribution is -2.55. The Morgan fingerprint density at radius 3 is 2.13 bits per heavy atom. The summed E-state index contributed by atoms with van der Waals surface area (Å²) in [5.41, 5.74) is 4.51. The van der Waals surface area contributed by atoms with E-state index in [-0.39, 0.29) is 41.8 Å². The van der Waals surface area contributed by atoms with Gasteiger partial charge in [0.2, 0.25) is 18.0 Å². The summed E-state index contributed by atoms with van der Waals surface area (Å²) < 4.78 is 35.4. The summed E-state index contributed by atoms with van der Waals surface area (Å²) in [5.74, 6) is 0.357. The highest BCUT2D eigenvalue weighted by molar-refractivity contribution is 7.11. The van der Waals surface area contributed by atoms with Crippen LogP contribution in [0.3, 0.4) is 0 Å². The highest BCUT2D eigenvalue weighted by atomic mass is 32.1. The number of alkyl carbamates (subject to hydrolysis) is 2. The van der Waals surface area contributed by atoms with Gasteiger partial charge < -0.3 is 44.6 Å². The number of H-pyrrole nitrogens is 2. The Kier molecular flexibility index (Phi) is 13.2. The molecule has 0 saturated carbocycles. The number of likely N-dealkylation sites (tertiary alicyclic amines) is 2. The van der Waals surface area contributed by atoms with Gasteiger partial charge in [-0.25, -0.2) is 28.9 Å². The van der Waals surface area contributed by atoms with Crippen molar-refractivity contribution >= 4 is 46.2 Å².